The molecule has 0 amide bonds. The SMILES string of the molecule is PN1CC2CC=CCC2C1. The summed E-state index contributed by atoms with van der Waals surface area (Å²) >= 11 is 0. The van der Waals surface area contributed by atoms with Crippen molar-refractivity contribution in [1.82, 2.24) is 4.67 Å². The van der Waals surface area contributed by atoms with Gasteiger partial charge < -0.3 is 0 Å². The first-order valence-corrected chi connectivity index (χ1v) is 4.52. The van der Waals surface area contributed by atoms with E-state index in [2.05, 4.69) is 26.2 Å². The minimum Gasteiger partial charge on any atom is -0.287 e. The van der Waals surface area contributed by atoms with Crippen molar-refractivity contribution in [1.29, 1.82) is 0 Å². The molecule has 3 atom stereocenters. The number of rotatable bonds is 0. The van der Waals surface area contributed by atoms with Crippen LogP contribution in [0.5, 0.6) is 0 Å². The largest absolute Gasteiger partial charge is 0.287 e. The number of allylic oxidation sites excluding steroid dienone is 2. The fourth-order valence-electron chi connectivity index (χ4n) is 2.05. The van der Waals surface area contributed by atoms with Crippen molar-refractivity contribution >= 4 is 9.39 Å². The van der Waals surface area contributed by atoms with Crippen LogP contribution >= 0.6 is 9.39 Å². The maximum absolute atomic E-state index is 2.81. The summed E-state index contributed by atoms with van der Waals surface area (Å²) in [5, 5.41) is 0. The van der Waals surface area contributed by atoms with Gasteiger partial charge in [0.1, 0.15) is 0 Å². The molecular weight excluding hydrogens is 141 g/mol. The van der Waals surface area contributed by atoms with Crippen LogP contribution in [-0.2, 0) is 0 Å². The molecule has 10 heavy (non-hydrogen) atoms. The van der Waals surface area contributed by atoms with Crippen molar-refractivity contribution < 1.29 is 0 Å². The number of nitrogens with zero attached hydrogens (tertiary/aromatic N) is 1. The third kappa shape index (κ3) is 1.13. The molecule has 2 heteroatoms. The first-order valence-electron chi connectivity index (χ1n) is 4.01. The van der Waals surface area contributed by atoms with E-state index >= 15 is 0 Å². The summed E-state index contributed by atoms with van der Waals surface area (Å²) < 4.78 is 2.38. The second-order valence-corrected chi connectivity index (χ2v) is 4.15. The van der Waals surface area contributed by atoms with Crippen LogP contribution in [0.1, 0.15) is 12.8 Å². The van der Waals surface area contributed by atoms with E-state index in [9.17, 15) is 0 Å². The molecule has 2 rings (SSSR count). The van der Waals surface area contributed by atoms with Gasteiger partial charge in [0.2, 0.25) is 0 Å². The van der Waals surface area contributed by atoms with Crippen LogP contribution in [0.3, 0.4) is 0 Å². The third-order valence-electron chi connectivity index (χ3n) is 2.65. The molecule has 1 aliphatic carbocycles. The molecule has 2 aliphatic rings. The molecular formula is C8H14NP. The van der Waals surface area contributed by atoms with Crippen molar-refractivity contribution in [2.75, 3.05) is 13.1 Å². The molecule has 1 aliphatic heterocycles. The summed E-state index contributed by atoms with van der Waals surface area (Å²) in [5.74, 6) is 1.92. The molecule has 1 nitrogen and oxygen atoms in total. The lowest BCUT2D eigenvalue weighted by Gasteiger charge is -2.18. The Hall–Kier alpha value is 0.130. The molecule has 0 bridgehead atoms. The van der Waals surface area contributed by atoms with Crippen LogP contribution in [0.2, 0.25) is 0 Å². The molecule has 0 spiro atoms. The molecule has 1 fully saturated rings. The smallest absolute Gasteiger partial charge is 0.00508 e. The Labute approximate surface area is 64.7 Å². The quantitative estimate of drug-likeness (QED) is 0.380. The molecule has 0 radical (unpaired) electrons. The highest BCUT2D eigenvalue weighted by atomic mass is 31.0. The predicted molar refractivity (Wildman–Crippen MR) is 46.6 cm³/mol. The van der Waals surface area contributed by atoms with E-state index in [1.54, 1.807) is 0 Å². The van der Waals surface area contributed by atoms with E-state index < -0.39 is 0 Å². The highest BCUT2D eigenvalue weighted by molar-refractivity contribution is 7.13. The van der Waals surface area contributed by atoms with Gasteiger partial charge in [-0.15, -0.1) is 0 Å². The van der Waals surface area contributed by atoms with E-state index in [4.69, 9.17) is 0 Å². The Morgan fingerprint density at radius 1 is 1.10 bits per heavy atom. The van der Waals surface area contributed by atoms with Gasteiger partial charge in [-0.3, -0.25) is 4.67 Å². The minimum absolute atomic E-state index is 0.961. The number of fused-ring (bicyclic) bond motifs is 1. The van der Waals surface area contributed by atoms with E-state index in [1.807, 2.05) is 0 Å². The van der Waals surface area contributed by atoms with Crippen molar-refractivity contribution in [2.45, 2.75) is 12.8 Å². The van der Waals surface area contributed by atoms with Crippen LogP contribution < -0.4 is 0 Å². The van der Waals surface area contributed by atoms with E-state index in [-0.39, 0.29) is 0 Å². The first-order chi connectivity index (χ1) is 4.86. The van der Waals surface area contributed by atoms with Crippen molar-refractivity contribution in [3.05, 3.63) is 12.2 Å². The zero-order valence-electron chi connectivity index (χ0n) is 6.16. The summed E-state index contributed by atoms with van der Waals surface area (Å²) in [5.41, 5.74) is 0. The Morgan fingerprint density at radius 3 is 2.10 bits per heavy atom. The molecule has 0 saturated carbocycles. The molecule has 1 saturated heterocycles. The second kappa shape index (κ2) is 2.64. The maximum Gasteiger partial charge on any atom is 0.00508 e. The highest BCUT2D eigenvalue weighted by Crippen LogP contribution is 2.33. The van der Waals surface area contributed by atoms with Crippen LogP contribution in [0.15, 0.2) is 12.2 Å². The summed E-state index contributed by atoms with van der Waals surface area (Å²) in [6, 6.07) is 0. The van der Waals surface area contributed by atoms with Gasteiger partial charge in [-0.25, -0.2) is 0 Å². The molecule has 56 valence electrons. The molecule has 0 aromatic carbocycles. The Kier molecular flexibility index (Phi) is 1.80. The molecule has 0 aromatic heterocycles. The fourth-order valence-corrected chi connectivity index (χ4v) is 2.59. The summed E-state index contributed by atoms with van der Waals surface area (Å²) in [4.78, 5) is 0. The predicted octanol–water partition coefficient (Wildman–Crippen LogP) is 1.67. The van der Waals surface area contributed by atoms with Gasteiger partial charge in [0, 0.05) is 13.1 Å². The van der Waals surface area contributed by atoms with E-state index in [0.717, 1.165) is 11.8 Å². The third-order valence-corrected chi connectivity index (χ3v) is 3.07. The average molecular weight is 155 g/mol. The normalized spacial score (nSPS) is 40.1. The van der Waals surface area contributed by atoms with Gasteiger partial charge in [0.25, 0.3) is 0 Å². The Balaban J connectivity index is 2.05. The highest BCUT2D eigenvalue weighted by Gasteiger charge is 2.30. The number of hydrogen-bond donors (Lipinski definition) is 0. The van der Waals surface area contributed by atoms with Gasteiger partial charge in [-0.2, -0.15) is 0 Å². The maximum atomic E-state index is 2.81. The van der Waals surface area contributed by atoms with Crippen LogP contribution in [0.25, 0.3) is 0 Å². The van der Waals surface area contributed by atoms with Gasteiger partial charge in [-0.05, 0) is 24.7 Å². The fraction of sp³-hybridized carbons (Fsp3) is 0.750. The van der Waals surface area contributed by atoms with Gasteiger partial charge >= 0.3 is 0 Å². The molecule has 0 aromatic rings. The van der Waals surface area contributed by atoms with E-state index in [1.165, 1.54) is 25.9 Å². The molecule has 1 heterocycles. The lowest BCUT2D eigenvalue weighted by molar-refractivity contribution is 0.411. The van der Waals surface area contributed by atoms with Crippen LogP contribution in [0.4, 0.5) is 0 Å². The minimum atomic E-state index is 0.961. The molecule has 0 N–H and O–H groups in total. The van der Waals surface area contributed by atoms with Crippen LogP contribution in [-0.4, -0.2) is 17.8 Å². The average Bonchev–Trinajstić information content (AvgIpc) is 2.27. The standard InChI is InChI=1S/C8H14NP/c10-9-5-7-3-1-2-4-8(7)6-9/h1-2,7-8H,3-6,10H2. The lowest BCUT2D eigenvalue weighted by atomic mass is 9.86. The Morgan fingerprint density at radius 2 is 1.60 bits per heavy atom. The topological polar surface area (TPSA) is 3.24 Å². The zero-order valence-corrected chi connectivity index (χ0v) is 7.32. The zero-order chi connectivity index (χ0) is 6.97. The van der Waals surface area contributed by atoms with Crippen LogP contribution in [0, 0.1) is 11.8 Å². The first kappa shape index (κ1) is 6.82. The second-order valence-electron chi connectivity index (χ2n) is 3.42. The van der Waals surface area contributed by atoms with Gasteiger partial charge in [0.15, 0.2) is 0 Å². The summed E-state index contributed by atoms with van der Waals surface area (Å²) in [6.45, 7) is 2.58. The monoisotopic (exact) mass is 155 g/mol. The Bertz CT molecular complexity index is 139. The van der Waals surface area contributed by atoms with Crippen molar-refractivity contribution in [3.8, 4) is 0 Å². The summed E-state index contributed by atoms with van der Waals surface area (Å²) in [7, 11) is 2.81. The van der Waals surface area contributed by atoms with Crippen molar-refractivity contribution in [2.24, 2.45) is 11.8 Å². The summed E-state index contributed by atoms with van der Waals surface area (Å²) in [6.07, 6.45) is 7.31. The molecule has 3 unspecified atom stereocenters. The lowest BCUT2D eigenvalue weighted by Crippen LogP contribution is -2.13. The number of hydrogen-bond acceptors (Lipinski definition) is 1. The van der Waals surface area contributed by atoms with Gasteiger partial charge in [0.05, 0.1) is 0 Å². The van der Waals surface area contributed by atoms with E-state index in [0.29, 0.717) is 0 Å². The van der Waals surface area contributed by atoms with Crippen molar-refractivity contribution in [3.63, 3.8) is 0 Å². The van der Waals surface area contributed by atoms with Gasteiger partial charge in [-0.1, -0.05) is 21.5 Å².